The van der Waals surface area contributed by atoms with Gasteiger partial charge in [0.1, 0.15) is 0 Å². The Kier molecular flexibility index (Phi) is 5.01. The fourth-order valence-corrected chi connectivity index (χ4v) is 2.95. The highest BCUT2D eigenvalue weighted by Crippen LogP contribution is 2.24. The zero-order valence-electron chi connectivity index (χ0n) is 12.3. The smallest absolute Gasteiger partial charge is 0.319 e. The van der Waals surface area contributed by atoms with E-state index in [1.165, 1.54) is 0 Å². The second kappa shape index (κ2) is 6.75. The van der Waals surface area contributed by atoms with Crippen LogP contribution in [0.4, 0.5) is 10.5 Å². The van der Waals surface area contributed by atoms with Crippen molar-refractivity contribution in [3.05, 3.63) is 29.3 Å². The minimum absolute atomic E-state index is 0.0816. The Labute approximate surface area is 120 Å². The third-order valence-electron chi connectivity index (χ3n) is 4.18. The van der Waals surface area contributed by atoms with Crippen LogP contribution >= 0.6 is 0 Å². The quantitative estimate of drug-likeness (QED) is 0.795. The van der Waals surface area contributed by atoms with Crippen molar-refractivity contribution in [1.82, 2.24) is 5.32 Å². The fraction of sp³-hybridized carbons (Fsp3) is 0.562. The molecule has 4 heteroatoms. The van der Waals surface area contributed by atoms with Crippen LogP contribution in [0.25, 0.3) is 0 Å². The lowest BCUT2D eigenvalue weighted by molar-refractivity contribution is 0.156. The number of para-hydroxylation sites is 1. The van der Waals surface area contributed by atoms with Crippen LogP contribution in [0, 0.1) is 19.8 Å². The van der Waals surface area contributed by atoms with Gasteiger partial charge < -0.3 is 15.7 Å². The molecule has 1 aliphatic carbocycles. The summed E-state index contributed by atoms with van der Waals surface area (Å²) in [5.74, 6) is 0.187. The van der Waals surface area contributed by atoms with Gasteiger partial charge >= 0.3 is 6.03 Å². The Morgan fingerprint density at radius 2 is 1.90 bits per heavy atom. The first-order valence-corrected chi connectivity index (χ1v) is 7.36. The molecule has 20 heavy (non-hydrogen) atoms. The predicted octanol–water partition coefficient (Wildman–Crippen LogP) is 2.98. The minimum atomic E-state index is -0.173. The highest BCUT2D eigenvalue weighted by atomic mass is 16.3. The van der Waals surface area contributed by atoms with Crippen molar-refractivity contribution in [2.75, 3.05) is 11.9 Å². The Balaban J connectivity index is 1.98. The number of amides is 2. The number of carbonyl (C=O) groups is 1. The number of carbonyl (C=O) groups excluding carboxylic acids is 1. The molecule has 1 aliphatic rings. The van der Waals surface area contributed by atoms with E-state index in [1.54, 1.807) is 0 Å². The van der Waals surface area contributed by atoms with Gasteiger partial charge in [0.25, 0.3) is 0 Å². The van der Waals surface area contributed by atoms with Crippen LogP contribution < -0.4 is 10.6 Å². The molecule has 0 spiro atoms. The lowest BCUT2D eigenvalue weighted by Crippen LogP contribution is -2.45. The van der Waals surface area contributed by atoms with Crippen LogP contribution in [0.15, 0.2) is 18.2 Å². The monoisotopic (exact) mass is 276 g/mol. The third-order valence-corrected chi connectivity index (χ3v) is 4.18. The summed E-state index contributed by atoms with van der Waals surface area (Å²) in [6.07, 6.45) is 4.20. The molecule has 2 atom stereocenters. The van der Waals surface area contributed by atoms with Gasteiger partial charge in [-0.2, -0.15) is 0 Å². The first kappa shape index (κ1) is 14.9. The summed E-state index contributed by atoms with van der Waals surface area (Å²) in [7, 11) is 0. The molecule has 0 bridgehead atoms. The lowest BCUT2D eigenvalue weighted by Gasteiger charge is -2.31. The summed E-state index contributed by atoms with van der Waals surface area (Å²) < 4.78 is 0. The molecule has 1 aromatic rings. The van der Waals surface area contributed by atoms with E-state index in [2.05, 4.69) is 10.6 Å². The highest BCUT2D eigenvalue weighted by molar-refractivity contribution is 5.91. The summed E-state index contributed by atoms with van der Waals surface area (Å²) in [5, 5.41) is 15.3. The van der Waals surface area contributed by atoms with Crippen LogP contribution in [-0.4, -0.2) is 23.8 Å². The number of anilines is 1. The van der Waals surface area contributed by atoms with Crippen LogP contribution in [-0.2, 0) is 0 Å². The maximum Gasteiger partial charge on any atom is 0.319 e. The standard InChI is InChI=1S/C16H24N2O2/c1-11-6-5-7-12(2)15(11)18-16(20)17-14-9-4-3-8-13(14)10-19/h5-7,13-14,19H,3-4,8-10H2,1-2H3,(H2,17,18,20). The number of aliphatic hydroxyl groups excluding tert-OH is 1. The molecule has 0 aromatic heterocycles. The van der Waals surface area contributed by atoms with Gasteiger partial charge in [0.15, 0.2) is 0 Å². The minimum Gasteiger partial charge on any atom is -0.396 e. The number of benzene rings is 1. The number of nitrogens with one attached hydrogen (secondary N) is 2. The van der Waals surface area contributed by atoms with Gasteiger partial charge in [-0.05, 0) is 37.8 Å². The van der Waals surface area contributed by atoms with Crippen molar-refractivity contribution < 1.29 is 9.90 Å². The molecule has 2 rings (SSSR count). The third kappa shape index (κ3) is 3.51. The maximum atomic E-state index is 12.1. The highest BCUT2D eigenvalue weighted by Gasteiger charge is 2.25. The zero-order chi connectivity index (χ0) is 14.5. The van der Waals surface area contributed by atoms with Gasteiger partial charge in [-0.1, -0.05) is 31.0 Å². The van der Waals surface area contributed by atoms with Crippen LogP contribution in [0.3, 0.4) is 0 Å². The van der Waals surface area contributed by atoms with Crippen molar-refractivity contribution in [1.29, 1.82) is 0 Å². The number of rotatable bonds is 3. The summed E-state index contributed by atoms with van der Waals surface area (Å²) in [5.41, 5.74) is 2.99. The summed E-state index contributed by atoms with van der Waals surface area (Å²) in [6.45, 7) is 4.12. The molecule has 1 fully saturated rings. The van der Waals surface area contributed by atoms with Crippen molar-refractivity contribution in [2.45, 2.75) is 45.6 Å². The SMILES string of the molecule is Cc1cccc(C)c1NC(=O)NC1CCCCC1CO. The van der Waals surface area contributed by atoms with E-state index in [4.69, 9.17) is 0 Å². The second-order valence-corrected chi connectivity index (χ2v) is 5.70. The summed E-state index contributed by atoms with van der Waals surface area (Å²) in [6, 6.07) is 5.86. The molecule has 3 N–H and O–H groups in total. The number of hydrogen-bond acceptors (Lipinski definition) is 2. The van der Waals surface area contributed by atoms with Gasteiger partial charge in [0.2, 0.25) is 0 Å². The van der Waals surface area contributed by atoms with E-state index in [-0.39, 0.29) is 24.6 Å². The molecule has 0 aliphatic heterocycles. The van der Waals surface area contributed by atoms with Crippen LogP contribution in [0.2, 0.25) is 0 Å². The van der Waals surface area contributed by atoms with Gasteiger partial charge in [-0.15, -0.1) is 0 Å². The first-order chi connectivity index (χ1) is 9.61. The number of hydrogen-bond donors (Lipinski definition) is 3. The Morgan fingerprint density at radius 1 is 1.25 bits per heavy atom. The predicted molar refractivity (Wildman–Crippen MR) is 80.9 cm³/mol. The largest absolute Gasteiger partial charge is 0.396 e. The summed E-state index contributed by atoms with van der Waals surface area (Å²) in [4.78, 5) is 12.1. The average Bonchev–Trinajstić information content (AvgIpc) is 2.44. The Hall–Kier alpha value is -1.55. The number of aliphatic hydroxyl groups is 1. The maximum absolute atomic E-state index is 12.1. The van der Waals surface area contributed by atoms with E-state index in [9.17, 15) is 9.90 Å². The number of urea groups is 1. The average molecular weight is 276 g/mol. The molecule has 0 heterocycles. The normalized spacial score (nSPS) is 22.4. The van der Waals surface area contributed by atoms with Gasteiger partial charge in [-0.3, -0.25) is 0 Å². The molecule has 0 radical (unpaired) electrons. The van der Waals surface area contributed by atoms with Crippen molar-refractivity contribution in [3.8, 4) is 0 Å². The Bertz CT molecular complexity index is 453. The zero-order valence-corrected chi connectivity index (χ0v) is 12.3. The van der Waals surface area contributed by atoms with E-state index < -0.39 is 0 Å². The topological polar surface area (TPSA) is 61.4 Å². The summed E-state index contributed by atoms with van der Waals surface area (Å²) >= 11 is 0. The van der Waals surface area contributed by atoms with E-state index in [0.29, 0.717) is 0 Å². The van der Waals surface area contributed by atoms with Crippen LogP contribution in [0.5, 0.6) is 0 Å². The Morgan fingerprint density at radius 3 is 2.55 bits per heavy atom. The number of aryl methyl sites for hydroxylation is 2. The van der Waals surface area contributed by atoms with Crippen molar-refractivity contribution in [2.24, 2.45) is 5.92 Å². The van der Waals surface area contributed by atoms with Gasteiger partial charge in [-0.25, -0.2) is 4.79 Å². The van der Waals surface area contributed by atoms with E-state index in [1.807, 2.05) is 32.0 Å². The molecular weight excluding hydrogens is 252 g/mol. The van der Waals surface area contributed by atoms with Crippen molar-refractivity contribution >= 4 is 11.7 Å². The van der Waals surface area contributed by atoms with Gasteiger partial charge in [0.05, 0.1) is 0 Å². The molecule has 2 unspecified atom stereocenters. The molecule has 2 amide bonds. The molecule has 110 valence electrons. The second-order valence-electron chi connectivity index (χ2n) is 5.70. The molecular formula is C16H24N2O2. The molecule has 4 nitrogen and oxygen atoms in total. The molecule has 1 aromatic carbocycles. The van der Waals surface area contributed by atoms with Crippen LogP contribution in [0.1, 0.15) is 36.8 Å². The lowest BCUT2D eigenvalue weighted by atomic mass is 9.85. The molecule has 1 saturated carbocycles. The van der Waals surface area contributed by atoms with Crippen molar-refractivity contribution in [3.63, 3.8) is 0 Å². The first-order valence-electron chi connectivity index (χ1n) is 7.36. The van der Waals surface area contributed by atoms with E-state index >= 15 is 0 Å². The fourth-order valence-electron chi connectivity index (χ4n) is 2.95. The van der Waals surface area contributed by atoms with E-state index in [0.717, 1.165) is 42.5 Å². The molecule has 0 saturated heterocycles. The van der Waals surface area contributed by atoms with Gasteiger partial charge in [0, 0.05) is 24.3 Å².